The lowest BCUT2D eigenvalue weighted by molar-refractivity contribution is -0.132. The number of benzene rings is 2. The summed E-state index contributed by atoms with van der Waals surface area (Å²) in [6, 6.07) is 16.7. The molecule has 5 rings (SSSR count). The van der Waals surface area contributed by atoms with E-state index in [1.165, 1.54) is 14.4 Å². The third-order valence-electron chi connectivity index (χ3n) is 5.54. The van der Waals surface area contributed by atoms with Gasteiger partial charge in [0, 0.05) is 13.0 Å². The number of amides is 1. The van der Waals surface area contributed by atoms with Gasteiger partial charge < -0.3 is 4.90 Å². The van der Waals surface area contributed by atoms with Crippen molar-refractivity contribution in [3.63, 3.8) is 0 Å². The van der Waals surface area contributed by atoms with E-state index in [0.717, 1.165) is 54.7 Å². The molecule has 1 aliphatic rings. The molecule has 6 heteroatoms. The van der Waals surface area contributed by atoms with Crippen molar-refractivity contribution >= 4 is 49.0 Å². The fraction of sp³-hybridized carbons (Fsp3) is 0.348. The molecule has 1 atom stereocenters. The predicted octanol–water partition coefficient (Wildman–Crippen LogP) is 5.98. The van der Waals surface area contributed by atoms with Crippen LogP contribution in [0.25, 0.3) is 20.4 Å². The standard InChI is InChI=1S/C23H23N3OS2/c27-22(14-6-5-13-21-24-16-8-1-3-11-19(16)28-21)26-15-7-10-18(26)23-25-17-9-2-4-12-20(17)29-23/h1-4,8-9,11-12,18H,5-7,10,13-15H2. The number of para-hydroxylation sites is 2. The van der Waals surface area contributed by atoms with Crippen LogP contribution < -0.4 is 0 Å². The van der Waals surface area contributed by atoms with Gasteiger partial charge in [0.15, 0.2) is 0 Å². The first-order chi connectivity index (χ1) is 14.3. The van der Waals surface area contributed by atoms with Crippen LogP contribution in [0.4, 0.5) is 0 Å². The summed E-state index contributed by atoms with van der Waals surface area (Å²) in [5, 5.41) is 2.26. The van der Waals surface area contributed by atoms with Crippen LogP contribution >= 0.6 is 22.7 Å². The number of carbonyl (C=O) groups is 1. The molecule has 0 aliphatic carbocycles. The van der Waals surface area contributed by atoms with Gasteiger partial charge >= 0.3 is 0 Å². The zero-order valence-electron chi connectivity index (χ0n) is 16.2. The maximum absolute atomic E-state index is 12.9. The molecule has 29 heavy (non-hydrogen) atoms. The van der Waals surface area contributed by atoms with Gasteiger partial charge in [-0.2, -0.15) is 0 Å². The van der Waals surface area contributed by atoms with Crippen molar-refractivity contribution in [1.82, 2.24) is 14.9 Å². The predicted molar refractivity (Wildman–Crippen MR) is 120 cm³/mol. The molecule has 2 aromatic heterocycles. The Balaban J connectivity index is 1.17. The molecule has 0 bridgehead atoms. The maximum Gasteiger partial charge on any atom is 0.223 e. The zero-order valence-corrected chi connectivity index (χ0v) is 17.8. The van der Waals surface area contributed by atoms with Crippen LogP contribution in [0.1, 0.15) is 48.2 Å². The Morgan fingerprint density at radius 1 is 0.966 bits per heavy atom. The van der Waals surface area contributed by atoms with Crippen LogP contribution in [-0.2, 0) is 11.2 Å². The van der Waals surface area contributed by atoms with E-state index in [-0.39, 0.29) is 11.9 Å². The SMILES string of the molecule is O=C(CCCCc1nc2ccccc2s1)N1CCCC1c1nc2ccccc2s1. The van der Waals surface area contributed by atoms with E-state index in [2.05, 4.69) is 35.2 Å². The summed E-state index contributed by atoms with van der Waals surface area (Å²) in [6.07, 6.45) is 5.58. The fourth-order valence-electron chi connectivity index (χ4n) is 4.08. The van der Waals surface area contributed by atoms with Gasteiger partial charge in [-0.15, -0.1) is 22.7 Å². The molecule has 0 saturated carbocycles. The van der Waals surface area contributed by atoms with Gasteiger partial charge in [0.05, 0.1) is 31.5 Å². The number of thiazole rings is 2. The van der Waals surface area contributed by atoms with Crippen LogP contribution in [0.15, 0.2) is 48.5 Å². The molecule has 0 radical (unpaired) electrons. The quantitative estimate of drug-likeness (QED) is 0.360. The number of aryl methyl sites for hydroxylation is 1. The lowest BCUT2D eigenvalue weighted by atomic mass is 10.1. The highest BCUT2D eigenvalue weighted by Gasteiger charge is 2.31. The Morgan fingerprint density at radius 2 is 1.69 bits per heavy atom. The van der Waals surface area contributed by atoms with Crippen molar-refractivity contribution in [2.75, 3.05) is 6.54 Å². The first-order valence-electron chi connectivity index (χ1n) is 10.3. The van der Waals surface area contributed by atoms with Crippen molar-refractivity contribution in [1.29, 1.82) is 0 Å². The molecule has 1 saturated heterocycles. The summed E-state index contributed by atoms with van der Waals surface area (Å²) in [5.41, 5.74) is 2.13. The van der Waals surface area contributed by atoms with E-state index >= 15 is 0 Å². The smallest absolute Gasteiger partial charge is 0.223 e. The minimum atomic E-state index is 0.157. The summed E-state index contributed by atoms with van der Waals surface area (Å²) < 4.78 is 2.45. The molecule has 4 nitrogen and oxygen atoms in total. The third kappa shape index (κ3) is 3.91. The molecule has 1 aliphatic heterocycles. The first kappa shape index (κ1) is 18.7. The normalized spacial score (nSPS) is 16.8. The number of aromatic nitrogens is 2. The number of unbranched alkanes of at least 4 members (excludes halogenated alkanes) is 1. The molecular formula is C23H23N3OS2. The van der Waals surface area contributed by atoms with E-state index < -0.39 is 0 Å². The second-order valence-corrected chi connectivity index (χ2v) is 9.72. The zero-order chi connectivity index (χ0) is 19.6. The number of fused-ring (bicyclic) bond motifs is 2. The van der Waals surface area contributed by atoms with E-state index in [9.17, 15) is 4.79 Å². The van der Waals surface area contributed by atoms with E-state index in [1.54, 1.807) is 22.7 Å². The van der Waals surface area contributed by atoms with Crippen molar-refractivity contribution < 1.29 is 4.79 Å². The minimum Gasteiger partial charge on any atom is -0.333 e. The number of likely N-dealkylation sites (tertiary alicyclic amines) is 1. The molecule has 148 valence electrons. The Kier molecular flexibility index (Phi) is 5.29. The van der Waals surface area contributed by atoms with Gasteiger partial charge in [0.1, 0.15) is 5.01 Å². The van der Waals surface area contributed by atoms with E-state index in [0.29, 0.717) is 6.42 Å². The highest BCUT2D eigenvalue weighted by molar-refractivity contribution is 7.18. The molecule has 4 aromatic rings. The summed E-state index contributed by atoms with van der Waals surface area (Å²) in [5.74, 6) is 0.274. The number of nitrogens with zero attached hydrogens (tertiary/aromatic N) is 3. The molecule has 1 unspecified atom stereocenters. The molecule has 2 aromatic carbocycles. The summed E-state index contributed by atoms with van der Waals surface area (Å²) in [7, 11) is 0. The Hall–Kier alpha value is -2.31. The average molecular weight is 422 g/mol. The molecule has 1 amide bonds. The van der Waals surface area contributed by atoms with Crippen molar-refractivity contribution in [2.24, 2.45) is 0 Å². The number of rotatable bonds is 6. The lowest BCUT2D eigenvalue weighted by Crippen LogP contribution is -2.30. The van der Waals surface area contributed by atoms with Crippen LogP contribution in [0.3, 0.4) is 0 Å². The summed E-state index contributed by atoms with van der Waals surface area (Å²) in [4.78, 5) is 24.4. The van der Waals surface area contributed by atoms with Crippen LogP contribution in [0.2, 0.25) is 0 Å². The second kappa shape index (κ2) is 8.20. The molecule has 3 heterocycles. The van der Waals surface area contributed by atoms with Crippen LogP contribution in [-0.4, -0.2) is 27.3 Å². The Bertz CT molecular complexity index is 1080. The summed E-state index contributed by atoms with van der Waals surface area (Å²) >= 11 is 3.50. The van der Waals surface area contributed by atoms with Gasteiger partial charge in [-0.25, -0.2) is 9.97 Å². The van der Waals surface area contributed by atoms with Gasteiger partial charge in [0.25, 0.3) is 0 Å². The maximum atomic E-state index is 12.9. The summed E-state index contributed by atoms with van der Waals surface area (Å²) in [6.45, 7) is 0.858. The molecule has 0 spiro atoms. The minimum absolute atomic E-state index is 0.157. The molecule has 0 N–H and O–H groups in total. The van der Waals surface area contributed by atoms with Crippen LogP contribution in [0, 0.1) is 0 Å². The lowest BCUT2D eigenvalue weighted by Gasteiger charge is -2.23. The molecule has 1 fully saturated rings. The number of carbonyl (C=O) groups excluding carboxylic acids is 1. The molecular weight excluding hydrogens is 398 g/mol. The monoisotopic (exact) mass is 421 g/mol. The number of hydrogen-bond donors (Lipinski definition) is 0. The second-order valence-electron chi connectivity index (χ2n) is 7.55. The average Bonchev–Trinajstić information content (AvgIpc) is 3.47. The van der Waals surface area contributed by atoms with E-state index in [4.69, 9.17) is 9.97 Å². The van der Waals surface area contributed by atoms with Crippen molar-refractivity contribution in [2.45, 2.75) is 44.6 Å². The fourth-order valence-corrected chi connectivity index (χ4v) is 6.20. The number of hydrogen-bond acceptors (Lipinski definition) is 5. The van der Waals surface area contributed by atoms with Crippen LogP contribution in [0.5, 0.6) is 0 Å². The van der Waals surface area contributed by atoms with Crippen molar-refractivity contribution in [3.8, 4) is 0 Å². The Labute approximate surface area is 178 Å². The van der Waals surface area contributed by atoms with Gasteiger partial charge in [0.2, 0.25) is 5.91 Å². The first-order valence-corrected chi connectivity index (χ1v) is 11.9. The van der Waals surface area contributed by atoms with E-state index in [1.807, 2.05) is 18.2 Å². The van der Waals surface area contributed by atoms with Gasteiger partial charge in [-0.3, -0.25) is 4.79 Å². The highest BCUT2D eigenvalue weighted by atomic mass is 32.1. The third-order valence-corrected chi connectivity index (χ3v) is 7.77. The topological polar surface area (TPSA) is 46.1 Å². The van der Waals surface area contributed by atoms with Gasteiger partial charge in [-0.05, 0) is 56.4 Å². The van der Waals surface area contributed by atoms with Gasteiger partial charge in [-0.1, -0.05) is 24.3 Å². The Morgan fingerprint density at radius 3 is 2.45 bits per heavy atom. The largest absolute Gasteiger partial charge is 0.333 e. The highest BCUT2D eigenvalue weighted by Crippen LogP contribution is 2.37. The van der Waals surface area contributed by atoms with Crippen molar-refractivity contribution in [3.05, 3.63) is 58.5 Å².